The monoisotopic (exact) mass is 252 g/mol. The number of carbonyl (C=O) groups excluding carboxylic acids is 1. The van der Waals surface area contributed by atoms with Gasteiger partial charge in [-0.1, -0.05) is 24.3 Å². The summed E-state index contributed by atoms with van der Waals surface area (Å²) in [5, 5.41) is 1.70. The summed E-state index contributed by atoms with van der Waals surface area (Å²) in [5.41, 5.74) is 0.678. The van der Waals surface area contributed by atoms with Gasteiger partial charge in [-0.05, 0) is 17.5 Å². The first kappa shape index (κ1) is 11.5. The minimum Gasteiger partial charge on any atom is -0.287 e. The predicted octanol–water partition coefficient (Wildman–Crippen LogP) is 3.00. The predicted molar refractivity (Wildman–Crippen MR) is 69.4 cm³/mol. The van der Waals surface area contributed by atoms with Gasteiger partial charge in [0.2, 0.25) is 5.78 Å². The zero-order valence-electron chi connectivity index (χ0n) is 9.88. The van der Waals surface area contributed by atoms with Gasteiger partial charge in [0.25, 0.3) is 0 Å². The fourth-order valence-corrected chi connectivity index (χ4v) is 1.95. The molecule has 0 amide bonds. The molecular formula is C15H9FN2O. The van der Waals surface area contributed by atoms with E-state index in [0.717, 1.165) is 17.0 Å². The maximum absolute atomic E-state index is 12.8. The first-order valence-corrected chi connectivity index (χ1v) is 5.75. The highest BCUT2D eigenvalue weighted by molar-refractivity contribution is 6.15. The quantitative estimate of drug-likeness (QED) is 0.658. The van der Waals surface area contributed by atoms with Crippen molar-refractivity contribution in [2.45, 2.75) is 0 Å². The Labute approximate surface area is 108 Å². The molecule has 4 heteroatoms. The van der Waals surface area contributed by atoms with Crippen molar-refractivity contribution in [3.05, 3.63) is 72.1 Å². The molecule has 0 bridgehead atoms. The van der Waals surface area contributed by atoms with Gasteiger partial charge < -0.3 is 0 Å². The average molecular weight is 252 g/mol. The van der Waals surface area contributed by atoms with Crippen LogP contribution in [0.5, 0.6) is 0 Å². The fraction of sp³-hybridized carbons (Fsp3) is 0. The van der Waals surface area contributed by atoms with Crippen LogP contribution in [0.25, 0.3) is 10.8 Å². The molecule has 0 N–H and O–H groups in total. The molecule has 0 radical (unpaired) electrons. The normalized spacial score (nSPS) is 10.6. The molecule has 0 saturated carbocycles. The van der Waals surface area contributed by atoms with E-state index in [1.165, 1.54) is 18.3 Å². The van der Waals surface area contributed by atoms with Crippen molar-refractivity contribution in [1.29, 1.82) is 0 Å². The molecule has 2 heterocycles. The Bertz CT molecular complexity index is 748. The van der Waals surface area contributed by atoms with E-state index in [2.05, 4.69) is 9.97 Å². The van der Waals surface area contributed by atoms with Gasteiger partial charge in [0.1, 0.15) is 11.5 Å². The Balaban J connectivity index is 2.14. The van der Waals surface area contributed by atoms with E-state index < -0.39 is 5.82 Å². The fourth-order valence-electron chi connectivity index (χ4n) is 1.95. The van der Waals surface area contributed by atoms with E-state index in [1.54, 1.807) is 6.20 Å². The number of carbonyl (C=O) groups is 1. The van der Waals surface area contributed by atoms with Gasteiger partial charge in [-0.2, -0.15) is 0 Å². The smallest absolute Gasteiger partial charge is 0.213 e. The van der Waals surface area contributed by atoms with E-state index in [4.69, 9.17) is 0 Å². The van der Waals surface area contributed by atoms with Gasteiger partial charge in [0.05, 0.1) is 11.8 Å². The number of aromatic nitrogens is 2. The zero-order chi connectivity index (χ0) is 13.2. The van der Waals surface area contributed by atoms with Crippen LogP contribution in [-0.4, -0.2) is 15.8 Å². The summed E-state index contributed by atoms with van der Waals surface area (Å²) in [6, 6.07) is 10.1. The van der Waals surface area contributed by atoms with E-state index in [9.17, 15) is 9.18 Å². The molecule has 0 fully saturated rings. The highest BCUT2D eigenvalue weighted by Crippen LogP contribution is 2.19. The molecule has 0 aliphatic carbocycles. The van der Waals surface area contributed by atoms with E-state index >= 15 is 0 Å². The summed E-state index contributed by atoms with van der Waals surface area (Å²) < 4.78 is 12.8. The average Bonchev–Trinajstić information content (AvgIpc) is 2.47. The van der Waals surface area contributed by atoms with Crippen molar-refractivity contribution in [1.82, 2.24) is 9.97 Å². The van der Waals surface area contributed by atoms with Crippen molar-refractivity contribution < 1.29 is 9.18 Å². The molecule has 0 saturated heterocycles. The van der Waals surface area contributed by atoms with E-state index in [0.29, 0.717) is 5.56 Å². The highest BCUT2D eigenvalue weighted by atomic mass is 19.1. The Morgan fingerprint density at radius 1 is 1.00 bits per heavy atom. The lowest BCUT2D eigenvalue weighted by Gasteiger charge is -2.04. The first-order valence-electron chi connectivity index (χ1n) is 5.75. The maximum atomic E-state index is 12.8. The third kappa shape index (κ3) is 2.08. The Hall–Kier alpha value is -2.62. The van der Waals surface area contributed by atoms with Crippen LogP contribution >= 0.6 is 0 Å². The molecule has 0 atom stereocenters. The number of halogens is 1. The van der Waals surface area contributed by atoms with Crippen molar-refractivity contribution in [2.24, 2.45) is 0 Å². The van der Waals surface area contributed by atoms with Crippen molar-refractivity contribution >= 4 is 16.6 Å². The molecule has 0 aliphatic rings. The number of pyridine rings is 2. The van der Waals surface area contributed by atoms with Crippen LogP contribution in [0, 0.1) is 5.82 Å². The van der Waals surface area contributed by atoms with Crippen LogP contribution in [0.2, 0.25) is 0 Å². The second kappa shape index (κ2) is 4.57. The third-order valence-electron chi connectivity index (χ3n) is 2.87. The van der Waals surface area contributed by atoms with Gasteiger partial charge in [0.15, 0.2) is 0 Å². The lowest BCUT2D eigenvalue weighted by molar-refractivity contribution is 0.103. The molecule has 19 heavy (non-hydrogen) atoms. The number of ketones is 1. The van der Waals surface area contributed by atoms with E-state index in [-0.39, 0.29) is 11.5 Å². The number of nitrogens with zero attached hydrogens (tertiary/aromatic N) is 2. The first-order chi connectivity index (χ1) is 9.25. The Morgan fingerprint density at radius 2 is 1.84 bits per heavy atom. The Morgan fingerprint density at radius 3 is 2.63 bits per heavy atom. The van der Waals surface area contributed by atoms with Crippen LogP contribution in [-0.2, 0) is 0 Å². The second-order valence-electron chi connectivity index (χ2n) is 4.10. The summed E-state index contributed by atoms with van der Waals surface area (Å²) >= 11 is 0. The minimum atomic E-state index is -0.465. The SMILES string of the molecule is O=C(c1ccc(F)cn1)c1cncc2ccccc12. The Kier molecular flexibility index (Phi) is 2.76. The minimum absolute atomic E-state index is 0.208. The molecule has 0 spiro atoms. The van der Waals surface area contributed by atoms with Gasteiger partial charge in [-0.3, -0.25) is 9.78 Å². The number of benzene rings is 1. The molecule has 3 aromatic rings. The molecular weight excluding hydrogens is 243 g/mol. The summed E-state index contributed by atoms with van der Waals surface area (Å²) in [4.78, 5) is 20.2. The van der Waals surface area contributed by atoms with Crippen molar-refractivity contribution in [2.75, 3.05) is 0 Å². The highest BCUT2D eigenvalue weighted by Gasteiger charge is 2.14. The van der Waals surface area contributed by atoms with Gasteiger partial charge in [0, 0.05) is 17.8 Å². The second-order valence-corrected chi connectivity index (χ2v) is 4.10. The number of hydrogen-bond acceptors (Lipinski definition) is 3. The van der Waals surface area contributed by atoms with Crippen LogP contribution in [0.15, 0.2) is 55.0 Å². The zero-order valence-corrected chi connectivity index (χ0v) is 9.88. The largest absolute Gasteiger partial charge is 0.287 e. The molecule has 1 aromatic carbocycles. The molecule has 0 unspecified atom stereocenters. The molecule has 2 aromatic heterocycles. The molecule has 3 rings (SSSR count). The lowest BCUT2D eigenvalue weighted by Crippen LogP contribution is -2.05. The number of hydrogen-bond donors (Lipinski definition) is 0. The molecule has 0 aliphatic heterocycles. The topological polar surface area (TPSA) is 42.9 Å². The summed E-state index contributed by atoms with van der Waals surface area (Å²) in [5.74, 6) is -0.725. The van der Waals surface area contributed by atoms with Crippen molar-refractivity contribution in [3.63, 3.8) is 0 Å². The maximum Gasteiger partial charge on any atom is 0.213 e. The van der Waals surface area contributed by atoms with E-state index in [1.807, 2.05) is 24.3 Å². The number of rotatable bonds is 2. The van der Waals surface area contributed by atoms with Crippen LogP contribution in [0.4, 0.5) is 4.39 Å². The summed E-state index contributed by atoms with van der Waals surface area (Å²) in [6.07, 6.45) is 4.24. The van der Waals surface area contributed by atoms with Crippen LogP contribution in [0.1, 0.15) is 16.1 Å². The standard InChI is InChI=1S/C15H9FN2O/c16-11-5-6-14(18-8-11)15(19)13-9-17-7-10-3-1-2-4-12(10)13/h1-9H. The molecule has 92 valence electrons. The summed E-state index contributed by atoms with van der Waals surface area (Å²) in [6.45, 7) is 0. The van der Waals surface area contributed by atoms with Gasteiger partial charge >= 0.3 is 0 Å². The third-order valence-corrected chi connectivity index (χ3v) is 2.87. The summed E-state index contributed by atoms with van der Waals surface area (Å²) in [7, 11) is 0. The van der Waals surface area contributed by atoms with Crippen molar-refractivity contribution in [3.8, 4) is 0 Å². The van der Waals surface area contributed by atoms with Gasteiger partial charge in [-0.15, -0.1) is 0 Å². The molecule has 3 nitrogen and oxygen atoms in total. The number of fused-ring (bicyclic) bond motifs is 1. The van der Waals surface area contributed by atoms with Crippen LogP contribution in [0.3, 0.4) is 0 Å². The van der Waals surface area contributed by atoms with Gasteiger partial charge in [-0.25, -0.2) is 9.37 Å². The lowest BCUT2D eigenvalue weighted by atomic mass is 10.0. The van der Waals surface area contributed by atoms with Crippen LogP contribution < -0.4 is 0 Å².